The Hall–Kier alpha value is -2.66. The Morgan fingerprint density at radius 2 is 1.78 bits per heavy atom. The lowest BCUT2D eigenvalue weighted by molar-refractivity contribution is -0.123. The third-order valence-electron chi connectivity index (χ3n) is 4.86. The molecule has 1 saturated heterocycles. The molecule has 0 radical (unpaired) electrons. The molecule has 27 heavy (non-hydrogen) atoms. The van der Waals surface area contributed by atoms with Gasteiger partial charge in [0.15, 0.2) is 0 Å². The minimum atomic E-state index is -0.113. The van der Waals surface area contributed by atoms with Crippen LogP contribution in [0.2, 0.25) is 0 Å². The van der Waals surface area contributed by atoms with Gasteiger partial charge >= 0.3 is 0 Å². The van der Waals surface area contributed by atoms with Crippen LogP contribution in [-0.2, 0) is 17.9 Å². The Morgan fingerprint density at radius 1 is 1.00 bits per heavy atom. The highest BCUT2D eigenvalue weighted by molar-refractivity contribution is 5.94. The van der Waals surface area contributed by atoms with Crippen molar-refractivity contribution in [3.05, 3.63) is 70.8 Å². The largest absolute Gasteiger partial charge is 0.351 e. The third-order valence-corrected chi connectivity index (χ3v) is 4.86. The number of carbonyl (C=O) groups excluding carboxylic acids is 2. The first kappa shape index (κ1) is 19.1. The van der Waals surface area contributed by atoms with Crippen molar-refractivity contribution in [2.45, 2.75) is 45.3 Å². The van der Waals surface area contributed by atoms with E-state index in [1.807, 2.05) is 49.4 Å². The highest BCUT2D eigenvalue weighted by Crippen LogP contribution is 2.09. The number of benzene rings is 2. The molecular weight excluding hydrogens is 338 g/mol. The minimum Gasteiger partial charge on any atom is -0.351 e. The van der Waals surface area contributed by atoms with Crippen molar-refractivity contribution < 1.29 is 9.59 Å². The van der Waals surface area contributed by atoms with E-state index in [1.54, 1.807) is 6.07 Å². The molecule has 1 aliphatic rings. The number of rotatable bonds is 6. The van der Waals surface area contributed by atoms with Crippen molar-refractivity contribution in [1.82, 2.24) is 16.0 Å². The van der Waals surface area contributed by atoms with Crippen molar-refractivity contribution in [2.24, 2.45) is 0 Å². The lowest BCUT2D eigenvalue weighted by atomic mass is 10.0. The molecule has 3 rings (SSSR count). The lowest BCUT2D eigenvalue weighted by Gasteiger charge is -2.22. The molecule has 0 bridgehead atoms. The summed E-state index contributed by atoms with van der Waals surface area (Å²) in [7, 11) is 0. The quantitative estimate of drug-likeness (QED) is 0.737. The number of amides is 2. The van der Waals surface area contributed by atoms with Gasteiger partial charge in [-0.15, -0.1) is 0 Å². The van der Waals surface area contributed by atoms with Crippen LogP contribution in [0.15, 0.2) is 48.5 Å². The van der Waals surface area contributed by atoms with E-state index in [0.29, 0.717) is 18.7 Å². The van der Waals surface area contributed by atoms with Crippen LogP contribution < -0.4 is 16.0 Å². The monoisotopic (exact) mass is 365 g/mol. The molecule has 2 aromatic rings. The molecule has 2 aromatic carbocycles. The van der Waals surface area contributed by atoms with E-state index in [9.17, 15) is 9.59 Å². The van der Waals surface area contributed by atoms with Gasteiger partial charge in [-0.1, -0.05) is 48.4 Å². The minimum absolute atomic E-state index is 0.0314. The third kappa shape index (κ3) is 5.66. The fourth-order valence-electron chi connectivity index (χ4n) is 3.20. The van der Waals surface area contributed by atoms with Gasteiger partial charge in [-0.05, 0) is 49.6 Å². The molecule has 0 aliphatic carbocycles. The summed E-state index contributed by atoms with van der Waals surface area (Å²) in [4.78, 5) is 24.6. The maximum Gasteiger partial charge on any atom is 0.251 e. The van der Waals surface area contributed by atoms with Crippen LogP contribution in [0.1, 0.15) is 46.3 Å². The van der Waals surface area contributed by atoms with Crippen LogP contribution >= 0.6 is 0 Å². The summed E-state index contributed by atoms with van der Waals surface area (Å²) in [5.74, 6) is -0.0818. The Kier molecular flexibility index (Phi) is 6.60. The van der Waals surface area contributed by atoms with E-state index < -0.39 is 0 Å². The smallest absolute Gasteiger partial charge is 0.251 e. The van der Waals surface area contributed by atoms with Crippen LogP contribution in [0, 0.1) is 6.92 Å². The van der Waals surface area contributed by atoms with E-state index >= 15 is 0 Å². The van der Waals surface area contributed by atoms with Crippen LogP contribution in [-0.4, -0.2) is 24.4 Å². The molecule has 5 nitrogen and oxygen atoms in total. The van der Waals surface area contributed by atoms with Gasteiger partial charge in [0.25, 0.3) is 5.91 Å². The molecule has 1 aliphatic heterocycles. The summed E-state index contributed by atoms with van der Waals surface area (Å²) in [6.45, 7) is 3.86. The summed E-state index contributed by atoms with van der Waals surface area (Å²) < 4.78 is 0. The van der Waals surface area contributed by atoms with Crippen molar-refractivity contribution in [3.8, 4) is 0 Å². The first-order valence-electron chi connectivity index (χ1n) is 9.55. The molecule has 0 spiro atoms. The van der Waals surface area contributed by atoms with E-state index in [0.717, 1.165) is 36.9 Å². The Labute approximate surface area is 160 Å². The average Bonchev–Trinajstić information content (AvgIpc) is 2.72. The normalized spacial score (nSPS) is 16.6. The molecular formula is C22H27N3O2. The molecule has 2 amide bonds. The molecule has 0 saturated carbocycles. The molecule has 1 unspecified atom stereocenters. The molecule has 142 valence electrons. The summed E-state index contributed by atoms with van der Waals surface area (Å²) in [6.07, 6.45) is 3.10. The zero-order valence-corrected chi connectivity index (χ0v) is 15.8. The second kappa shape index (κ2) is 9.33. The highest BCUT2D eigenvalue weighted by Gasteiger charge is 2.19. The number of hydrogen-bond acceptors (Lipinski definition) is 3. The van der Waals surface area contributed by atoms with Crippen LogP contribution in [0.25, 0.3) is 0 Å². The maximum absolute atomic E-state index is 12.4. The van der Waals surface area contributed by atoms with Crippen molar-refractivity contribution in [1.29, 1.82) is 0 Å². The fraction of sp³-hybridized carbons (Fsp3) is 0.364. The van der Waals surface area contributed by atoms with Crippen molar-refractivity contribution >= 4 is 11.8 Å². The van der Waals surface area contributed by atoms with Gasteiger partial charge in [-0.2, -0.15) is 0 Å². The zero-order chi connectivity index (χ0) is 19.1. The van der Waals surface area contributed by atoms with Crippen molar-refractivity contribution in [3.63, 3.8) is 0 Å². The second-order valence-corrected chi connectivity index (χ2v) is 7.09. The van der Waals surface area contributed by atoms with Gasteiger partial charge in [0.1, 0.15) is 0 Å². The molecule has 0 aromatic heterocycles. The Morgan fingerprint density at radius 3 is 2.52 bits per heavy atom. The summed E-state index contributed by atoms with van der Waals surface area (Å²) in [5, 5.41) is 9.15. The Balaban J connectivity index is 1.52. The fourth-order valence-corrected chi connectivity index (χ4v) is 3.20. The van der Waals surface area contributed by atoms with E-state index in [1.165, 1.54) is 5.56 Å². The lowest BCUT2D eigenvalue weighted by Crippen LogP contribution is -2.46. The molecule has 1 atom stereocenters. The summed E-state index contributed by atoms with van der Waals surface area (Å²) in [6, 6.07) is 15.4. The number of nitrogens with one attached hydrogen (secondary N) is 3. The molecule has 1 fully saturated rings. The summed E-state index contributed by atoms with van der Waals surface area (Å²) in [5.41, 5.74) is 3.78. The van der Waals surface area contributed by atoms with Gasteiger partial charge in [0.05, 0.1) is 6.04 Å². The number of aryl methyl sites for hydroxylation is 1. The molecule has 3 N–H and O–H groups in total. The predicted molar refractivity (Wildman–Crippen MR) is 106 cm³/mol. The highest BCUT2D eigenvalue weighted by atomic mass is 16.2. The van der Waals surface area contributed by atoms with Gasteiger partial charge in [-0.25, -0.2) is 0 Å². The van der Waals surface area contributed by atoms with E-state index in [2.05, 4.69) is 16.0 Å². The summed E-state index contributed by atoms with van der Waals surface area (Å²) >= 11 is 0. The molecule has 5 heteroatoms. The van der Waals surface area contributed by atoms with Crippen LogP contribution in [0.4, 0.5) is 0 Å². The van der Waals surface area contributed by atoms with E-state index in [-0.39, 0.29) is 17.9 Å². The Bertz CT molecular complexity index is 780. The van der Waals surface area contributed by atoms with Gasteiger partial charge in [0.2, 0.25) is 5.91 Å². The maximum atomic E-state index is 12.4. The van der Waals surface area contributed by atoms with Gasteiger partial charge in [0, 0.05) is 18.7 Å². The van der Waals surface area contributed by atoms with Crippen LogP contribution in [0.5, 0.6) is 0 Å². The number of piperidine rings is 1. The van der Waals surface area contributed by atoms with Crippen molar-refractivity contribution in [2.75, 3.05) is 6.54 Å². The SMILES string of the molecule is Cc1ccc(CNC(=O)c2cccc(CNC(=O)C3CCCCN3)c2)cc1. The van der Waals surface area contributed by atoms with E-state index in [4.69, 9.17) is 0 Å². The average molecular weight is 365 g/mol. The second-order valence-electron chi connectivity index (χ2n) is 7.09. The zero-order valence-electron chi connectivity index (χ0n) is 15.8. The first-order chi connectivity index (χ1) is 13.1. The van der Waals surface area contributed by atoms with Gasteiger partial charge in [-0.3, -0.25) is 9.59 Å². The first-order valence-corrected chi connectivity index (χ1v) is 9.55. The number of carbonyl (C=O) groups is 2. The topological polar surface area (TPSA) is 70.2 Å². The molecule has 1 heterocycles. The predicted octanol–water partition coefficient (Wildman–Crippen LogP) is 2.68. The van der Waals surface area contributed by atoms with Gasteiger partial charge < -0.3 is 16.0 Å². The number of hydrogen-bond donors (Lipinski definition) is 3. The standard InChI is InChI=1S/C22H27N3O2/c1-16-8-10-17(11-9-16)14-24-21(26)19-6-4-5-18(13-19)15-25-22(27)20-7-2-3-12-23-20/h4-6,8-11,13,20,23H,2-3,7,12,14-15H2,1H3,(H,24,26)(H,25,27). The van der Waals surface area contributed by atoms with Crippen LogP contribution in [0.3, 0.4) is 0 Å².